The van der Waals surface area contributed by atoms with Gasteiger partial charge in [-0.15, -0.1) is 0 Å². The number of aromatic carboxylic acids is 1. The summed E-state index contributed by atoms with van der Waals surface area (Å²) in [5, 5.41) is 8.95. The highest BCUT2D eigenvalue weighted by atomic mass is 32.2. The highest BCUT2D eigenvalue weighted by molar-refractivity contribution is 8.00. The van der Waals surface area contributed by atoms with E-state index in [1.807, 2.05) is 11.8 Å². The fraction of sp³-hybridized carbons (Fsp3) is 0.500. The molecule has 1 aliphatic rings. The van der Waals surface area contributed by atoms with E-state index in [-0.39, 0.29) is 16.9 Å². The van der Waals surface area contributed by atoms with Gasteiger partial charge in [0, 0.05) is 13.1 Å². The number of nitrogens with zero attached hydrogens (tertiary/aromatic N) is 1. The zero-order valence-corrected chi connectivity index (χ0v) is 10.9. The maximum atomic E-state index is 12.0. The van der Waals surface area contributed by atoms with Gasteiger partial charge in [-0.1, -0.05) is 11.8 Å². The SMILES string of the molecule is CC(Sc1ccc(C(=O)O)o1)C(=O)N1CCCC1. The Morgan fingerprint density at radius 1 is 1.39 bits per heavy atom. The Labute approximate surface area is 109 Å². The summed E-state index contributed by atoms with van der Waals surface area (Å²) in [6, 6.07) is 2.99. The summed E-state index contributed by atoms with van der Waals surface area (Å²) in [5.41, 5.74) is 0. The van der Waals surface area contributed by atoms with E-state index < -0.39 is 5.97 Å². The normalized spacial score (nSPS) is 16.8. The van der Waals surface area contributed by atoms with Crippen LogP contribution in [0.3, 0.4) is 0 Å². The van der Waals surface area contributed by atoms with Crippen molar-refractivity contribution < 1.29 is 19.1 Å². The first-order valence-corrected chi connectivity index (χ1v) is 6.74. The Morgan fingerprint density at radius 3 is 2.61 bits per heavy atom. The van der Waals surface area contributed by atoms with Gasteiger partial charge in [-0.3, -0.25) is 4.79 Å². The maximum absolute atomic E-state index is 12.0. The third-order valence-electron chi connectivity index (χ3n) is 2.85. The monoisotopic (exact) mass is 269 g/mol. The van der Waals surface area contributed by atoms with Gasteiger partial charge in [0.25, 0.3) is 0 Å². The Kier molecular flexibility index (Phi) is 3.96. The molecule has 2 heterocycles. The number of amides is 1. The van der Waals surface area contributed by atoms with Crippen molar-refractivity contribution in [3.05, 3.63) is 17.9 Å². The van der Waals surface area contributed by atoms with Gasteiger partial charge in [0.15, 0.2) is 5.09 Å². The lowest BCUT2D eigenvalue weighted by Gasteiger charge is -2.19. The molecule has 1 atom stereocenters. The van der Waals surface area contributed by atoms with Crippen LogP contribution in [0.4, 0.5) is 0 Å². The second-order valence-corrected chi connectivity index (χ2v) is 5.56. The molecular formula is C12H15NO4S. The summed E-state index contributed by atoms with van der Waals surface area (Å²) < 4.78 is 5.12. The van der Waals surface area contributed by atoms with Crippen molar-refractivity contribution in [1.29, 1.82) is 0 Å². The molecule has 1 amide bonds. The lowest BCUT2D eigenvalue weighted by Crippen LogP contribution is -2.33. The third kappa shape index (κ3) is 2.87. The molecule has 0 bridgehead atoms. The van der Waals surface area contributed by atoms with Crippen molar-refractivity contribution in [1.82, 2.24) is 4.90 Å². The minimum atomic E-state index is -1.10. The topological polar surface area (TPSA) is 70.7 Å². The van der Waals surface area contributed by atoms with E-state index in [0.29, 0.717) is 5.09 Å². The van der Waals surface area contributed by atoms with Crippen molar-refractivity contribution in [2.75, 3.05) is 13.1 Å². The molecule has 1 N–H and O–H groups in total. The van der Waals surface area contributed by atoms with E-state index in [9.17, 15) is 9.59 Å². The molecule has 0 spiro atoms. The van der Waals surface area contributed by atoms with Gasteiger partial charge >= 0.3 is 5.97 Å². The molecule has 1 fully saturated rings. The average Bonchev–Trinajstić information content (AvgIpc) is 2.98. The lowest BCUT2D eigenvalue weighted by atomic mass is 10.4. The average molecular weight is 269 g/mol. The number of furan rings is 1. The molecule has 0 aromatic carbocycles. The van der Waals surface area contributed by atoms with Crippen LogP contribution in [-0.4, -0.2) is 40.2 Å². The number of carboxylic acids is 1. The molecule has 1 aliphatic heterocycles. The zero-order valence-electron chi connectivity index (χ0n) is 10.1. The molecule has 0 aliphatic carbocycles. The molecule has 1 unspecified atom stereocenters. The maximum Gasteiger partial charge on any atom is 0.371 e. The number of carbonyl (C=O) groups is 2. The number of rotatable bonds is 4. The van der Waals surface area contributed by atoms with Crippen molar-refractivity contribution in [2.45, 2.75) is 30.1 Å². The van der Waals surface area contributed by atoms with Crippen LogP contribution in [0.1, 0.15) is 30.3 Å². The first kappa shape index (κ1) is 13.0. The summed E-state index contributed by atoms with van der Waals surface area (Å²) in [7, 11) is 0. The van der Waals surface area contributed by atoms with Gasteiger partial charge in [0.2, 0.25) is 11.7 Å². The van der Waals surface area contributed by atoms with Crippen LogP contribution in [-0.2, 0) is 4.79 Å². The molecule has 6 heteroatoms. The van der Waals surface area contributed by atoms with E-state index >= 15 is 0 Å². The molecule has 2 rings (SSSR count). The summed E-state index contributed by atoms with van der Waals surface area (Å²) in [5.74, 6) is -1.11. The fourth-order valence-corrected chi connectivity index (χ4v) is 2.80. The Balaban J connectivity index is 1.95. The highest BCUT2D eigenvalue weighted by Gasteiger charge is 2.25. The number of carbonyl (C=O) groups excluding carboxylic acids is 1. The number of hydrogen-bond acceptors (Lipinski definition) is 4. The quantitative estimate of drug-likeness (QED) is 0.847. The van der Waals surface area contributed by atoms with Crippen LogP contribution in [0.2, 0.25) is 0 Å². The molecule has 1 aromatic heterocycles. The van der Waals surface area contributed by atoms with Crippen molar-refractivity contribution >= 4 is 23.6 Å². The molecule has 98 valence electrons. The van der Waals surface area contributed by atoms with E-state index in [1.165, 1.54) is 17.8 Å². The summed E-state index contributed by atoms with van der Waals surface area (Å²) in [6.07, 6.45) is 2.13. The van der Waals surface area contributed by atoms with Gasteiger partial charge in [0.1, 0.15) is 0 Å². The molecule has 1 saturated heterocycles. The summed E-state index contributed by atoms with van der Waals surface area (Å²) >= 11 is 1.26. The second kappa shape index (κ2) is 5.48. The van der Waals surface area contributed by atoms with Gasteiger partial charge in [-0.2, -0.15) is 0 Å². The molecule has 0 radical (unpaired) electrons. The van der Waals surface area contributed by atoms with Gasteiger partial charge in [-0.05, 0) is 31.9 Å². The molecule has 5 nitrogen and oxygen atoms in total. The van der Waals surface area contributed by atoms with Gasteiger partial charge in [-0.25, -0.2) is 4.79 Å². The predicted octanol–water partition coefficient (Wildman–Crippen LogP) is 2.08. The zero-order chi connectivity index (χ0) is 13.1. The largest absolute Gasteiger partial charge is 0.475 e. The highest BCUT2D eigenvalue weighted by Crippen LogP contribution is 2.27. The van der Waals surface area contributed by atoms with E-state index in [4.69, 9.17) is 9.52 Å². The predicted molar refractivity (Wildman–Crippen MR) is 66.8 cm³/mol. The van der Waals surface area contributed by atoms with Crippen LogP contribution in [0.15, 0.2) is 21.6 Å². The Morgan fingerprint density at radius 2 is 2.06 bits per heavy atom. The molecule has 1 aromatic rings. The van der Waals surface area contributed by atoms with E-state index in [0.717, 1.165) is 25.9 Å². The fourth-order valence-electron chi connectivity index (χ4n) is 1.92. The third-order valence-corrected chi connectivity index (χ3v) is 3.86. The minimum absolute atomic E-state index is 0.0887. The Bertz CT molecular complexity index is 451. The van der Waals surface area contributed by atoms with Crippen molar-refractivity contribution in [3.63, 3.8) is 0 Å². The van der Waals surface area contributed by atoms with E-state index in [2.05, 4.69) is 0 Å². The van der Waals surface area contributed by atoms with Crippen LogP contribution in [0.25, 0.3) is 0 Å². The molecule has 18 heavy (non-hydrogen) atoms. The van der Waals surface area contributed by atoms with Gasteiger partial charge < -0.3 is 14.4 Å². The standard InChI is InChI=1S/C12H15NO4S/c1-8(11(14)13-6-2-3-7-13)18-10-5-4-9(17-10)12(15)16/h4-5,8H,2-3,6-7H2,1H3,(H,15,16). The van der Waals surface area contributed by atoms with E-state index in [1.54, 1.807) is 6.07 Å². The number of hydrogen-bond donors (Lipinski definition) is 1. The smallest absolute Gasteiger partial charge is 0.371 e. The van der Waals surface area contributed by atoms with Crippen LogP contribution in [0, 0.1) is 0 Å². The number of thioether (sulfide) groups is 1. The minimum Gasteiger partial charge on any atom is -0.475 e. The summed E-state index contributed by atoms with van der Waals surface area (Å²) in [6.45, 7) is 3.46. The molecular weight excluding hydrogens is 254 g/mol. The first-order valence-electron chi connectivity index (χ1n) is 5.86. The van der Waals surface area contributed by atoms with Crippen molar-refractivity contribution in [2.24, 2.45) is 0 Å². The van der Waals surface area contributed by atoms with Crippen molar-refractivity contribution in [3.8, 4) is 0 Å². The number of carboxylic acid groups (broad SMARTS) is 1. The van der Waals surface area contributed by atoms with Crippen LogP contribution in [0.5, 0.6) is 0 Å². The van der Waals surface area contributed by atoms with Gasteiger partial charge in [0.05, 0.1) is 5.25 Å². The lowest BCUT2D eigenvalue weighted by molar-refractivity contribution is -0.129. The number of likely N-dealkylation sites (tertiary alicyclic amines) is 1. The Hall–Kier alpha value is -1.43. The second-order valence-electron chi connectivity index (χ2n) is 4.22. The first-order chi connectivity index (χ1) is 8.58. The summed E-state index contributed by atoms with van der Waals surface area (Å²) in [4.78, 5) is 24.5. The van der Waals surface area contributed by atoms with Crippen LogP contribution < -0.4 is 0 Å². The molecule has 0 saturated carbocycles. The van der Waals surface area contributed by atoms with Crippen LogP contribution >= 0.6 is 11.8 Å².